The Morgan fingerprint density at radius 2 is 2.00 bits per heavy atom. The van der Waals surface area contributed by atoms with Gasteiger partial charge in [0.1, 0.15) is 5.75 Å². The van der Waals surface area contributed by atoms with Crippen LogP contribution < -0.4 is 15.4 Å². The van der Waals surface area contributed by atoms with Crippen LogP contribution in [0.15, 0.2) is 29.2 Å². The van der Waals surface area contributed by atoms with Crippen LogP contribution in [-0.2, 0) is 4.79 Å². The van der Waals surface area contributed by atoms with Gasteiger partial charge in [0.05, 0.1) is 7.11 Å². The number of thioether (sulfide) groups is 1. The maximum Gasteiger partial charge on any atom is 0.220 e. The smallest absolute Gasteiger partial charge is 0.220 e. The molecule has 2 N–H and O–H groups in total. The molecule has 0 aromatic heterocycles. The highest BCUT2D eigenvalue weighted by Gasteiger charge is 2.08. The molecule has 5 nitrogen and oxygen atoms in total. The molecule has 0 bridgehead atoms. The third kappa shape index (κ3) is 8.24. The predicted octanol–water partition coefficient (Wildman–Crippen LogP) is 2.01. The summed E-state index contributed by atoms with van der Waals surface area (Å²) in [5, 5.41) is 6.36. The fourth-order valence-corrected chi connectivity index (χ4v) is 3.34. The number of hydrogen-bond donors (Lipinski definition) is 2. The van der Waals surface area contributed by atoms with Crippen molar-refractivity contribution in [1.82, 2.24) is 15.5 Å². The van der Waals surface area contributed by atoms with Crippen molar-refractivity contribution in [3.8, 4) is 5.75 Å². The van der Waals surface area contributed by atoms with Crippen LogP contribution in [0.3, 0.4) is 0 Å². The Bertz CT molecular complexity index is 467. The summed E-state index contributed by atoms with van der Waals surface area (Å²) in [7, 11) is 1.66. The predicted molar refractivity (Wildman–Crippen MR) is 103 cm³/mol. The summed E-state index contributed by atoms with van der Waals surface area (Å²) < 4.78 is 5.13. The molecule has 0 radical (unpaired) electrons. The number of ether oxygens (including phenoxy) is 1. The zero-order chi connectivity index (χ0) is 16.3. The largest absolute Gasteiger partial charge is 0.497 e. The van der Waals surface area contributed by atoms with E-state index in [0.29, 0.717) is 6.42 Å². The third-order valence-electron chi connectivity index (χ3n) is 3.84. The normalized spacial score (nSPS) is 14.7. The molecule has 7 heteroatoms. The summed E-state index contributed by atoms with van der Waals surface area (Å²) in [4.78, 5) is 15.4. The van der Waals surface area contributed by atoms with Crippen LogP contribution in [0.4, 0.5) is 0 Å². The van der Waals surface area contributed by atoms with Gasteiger partial charge >= 0.3 is 0 Å². The zero-order valence-corrected chi connectivity index (χ0v) is 15.9. The number of carbonyl (C=O) groups is 1. The van der Waals surface area contributed by atoms with E-state index in [0.717, 1.165) is 62.1 Å². The van der Waals surface area contributed by atoms with Gasteiger partial charge in [-0.1, -0.05) is 0 Å². The second kappa shape index (κ2) is 12.4. The first-order valence-electron chi connectivity index (χ1n) is 8.24. The van der Waals surface area contributed by atoms with Gasteiger partial charge in [0, 0.05) is 49.8 Å². The van der Waals surface area contributed by atoms with Crippen molar-refractivity contribution < 1.29 is 9.53 Å². The first kappa shape index (κ1) is 21.1. The minimum absolute atomic E-state index is 0. The molecule has 1 aromatic carbocycles. The van der Waals surface area contributed by atoms with Crippen LogP contribution in [-0.4, -0.2) is 62.9 Å². The number of nitrogens with zero attached hydrogens (tertiary/aromatic N) is 1. The molecule has 1 fully saturated rings. The van der Waals surface area contributed by atoms with E-state index in [1.165, 1.54) is 0 Å². The van der Waals surface area contributed by atoms with Crippen LogP contribution >= 0.6 is 24.2 Å². The van der Waals surface area contributed by atoms with Crippen molar-refractivity contribution in [1.29, 1.82) is 0 Å². The van der Waals surface area contributed by atoms with Crippen LogP contribution in [0.25, 0.3) is 0 Å². The summed E-state index contributed by atoms with van der Waals surface area (Å²) in [5.41, 5.74) is 0. The highest BCUT2D eigenvalue weighted by molar-refractivity contribution is 7.99. The molecule has 1 aromatic rings. The van der Waals surface area contributed by atoms with Gasteiger partial charge in [-0.2, -0.15) is 0 Å². The van der Waals surface area contributed by atoms with Crippen molar-refractivity contribution in [3.63, 3.8) is 0 Å². The molecule has 0 saturated carbocycles. The van der Waals surface area contributed by atoms with Gasteiger partial charge in [0.2, 0.25) is 5.91 Å². The van der Waals surface area contributed by atoms with Crippen LogP contribution in [0.2, 0.25) is 0 Å². The van der Waals surface area contributed by atoms with E-state index in [1.807, 2.05) is 24.3 Å². The second-order valence-electron chi connectivity index (χ2n) is 5.57. The number of piperazine rings is 1. The quantitative estimate of drug-likeness (QED) is 0.512. The number of halogens is 1. The van der Waals surface area contributed by atoms with Crippen molar-refractivity contribution >= 4 is 30.1 Å². The minimum atomic E-state index is 0. The lowest BCUT2D eigenvalue weighted by atomic mass is 10.3. The maximum atomic E-state index is 11.8. The number of nitrogens with one attached hydrogen (secondary N) is 2. The topological polar surface area (TPSA) is 53.6 Å². The number of rotatable bonds is 9. The van der Waals surface area contributed by atoms with Gasteiger partial charge in [-0.15, -0.1) is 24.2 Å². The molecule has 24 heavy (non-hydrogen) atoms. The number of methoxy groups -OCH3 is 1. The molecule has 136 valence electrons. The molecular formula is C17H28ClN3O2S. The van der Waals surface area contributed by atoms with Crippen molar-refractivity contribution in [2.45, 2.75) is 17.7 Å². The van der Waals surface area contributed by atoms with E-state index in [4.69, 9.17) is 4.74 Å². The van der Waals surface area contributed by atoms with Gasteiger partial charge in [0.15, 0.2) is 0 Å². The SMILES string of the molecule is COc1ccc(SCCC(=O)NCCCN2CCNCC2)cc1.Cl. The minimum Gasteiger partial charge on any atom is -0.497 e. The van der Waals surface area contributed by atoms with Gasteiger partial charge in [-0.05, 0) is 37.2 Å². The number of amides is 1. The monoisotopic (exact) mass is 373 g/mol. The molecule has 1 aliphatic rings. The Hall–Kier alpha value is -0.950. The molecule has 0 aliphatic carbocycles. The first-order chi connectivity index (χ1) is 11.3. The van der Waals surface area contributed by atoms with E-state index in [2.05, 4.69) is 15.5 Å². The highest BCUT2D eigenvalue weighted by atomic mass is 35.5. The molecular weight excluding hydrogens is 346 g/mol. The van der Waals surface area contributed by atoms with E-state index < -0.39 is 0 Å². The molecule has 0 unspecified atom stereocenters. The van der Waals surface area contributed by atoms with Gasteiger partial charge < -0.3 is 20.3 Å². The van der Waals surface area contributed by atoms with Crippen LogP contribution in [0.1, 0.15) is 12.8 Å². The average Bonchev–Trinajstić information content (AvgIpc) is 2.60. The van der Waals surface area contributed by atoms with E-state index in [1.54, 1.807) is 18.9 Å². The Balaban J connectivity index is 0.00000288. The fourth-order valence-electron chi connectivity index (χ4n) is 2.49. The van der Waals surface area contributed by atoms with Crippen molar-refractivity contribution in [3.05, 3.63) is 24.3 Å². The lowest BCUT2D eigenvalue weighted by Crippen LogP contribution is -2.44. The third-order valence-corrected chi connectivity index (χ3v) is 4.85. The van der Waals surface area contributed by atoms with E-state index >= 15 is 0 Å². The Kier molecular flexibility index (Phi) is 10.9. The summed E-state index contributed by atoms with van der Waals surface area (Å²) >= 11 is 1.70. The number of benzene rings is 1. The van der Waals surface area contributed by atoms with E-state index in [9.17, 15) is 4.79 Å². The zero-order valence-electron chi connectivity index (χ0n) is 14.3. The molecule has 0 atom stereocenters. The Labute approximate surface area is 155 Å². The summed E-state index contributed by atoms with van der Waals surface area (Å²) in [6, 6.07) is 7.93. The Morgan fingerprint density at radius 3 is 2.67 bits per heavy atom. The van der Waals surface area contributed by atoms with Gasteiger partial charge in [-0.25, -0.2) is 0 Å². The fraction of sp³-hybridized carbons (Fsp3) is 0.588. The second-order valence-corrected chi connectivity index (χ2v) is 6.74. The maximum absolute atomic E-state index is 11.8. The highest BCUT2D eigenvalue weighted by Crippen LogP contribution is 2.21. The summed E-state index contributed by atoms with van der Waals surface area (Å²) in [5.74, 6) is 1.80. The molecule has 2 rings (SSSR count). The molecule has 1 saturated heterocycles. The lowest BCUT2D eigenvalue weighted by molar-refractivity contribution is -0.120. The molecule has 1 heterocycles. The number of carbonyl (C=O) groups excluding carboxylic acids is 1. The number of hydrogen-bond acceptors (Lipinski definition) is 5. The Morgan fingerprint density at radius 1 is 1.29 bits per heavy atom. The molecule has 0 spiro atoms. The van der Waals surface area contributed by atoms with Gasteiger partial charge in [-0.3, -0.25) is 4.79 Å². The van der Waals surface area contributed by atoms with Crippen LogP contribution in [0.5, 0.6) is 5.75 Å². The standard InChI is InChI=1S/C17H27N3O2S.ClH/c1-22-15-3-5-16(6-4-15)23-14-7-17(21)19-8-2-11-20-12-9-18-10-13-20;/h3-6,18H,2,7-14H2,1H3,(H,19,21);1H. The van der Waals surface area contributed by atoms with Crippen LogP contribution in [0, 0.1) is 0 Å². The first-order valence-corrected chi connectivity index (χ1v) is 9.23. The average molecular weight is 374 g/mol. The van der Waals surface area contributed by atoms with Crippen molar-refractivity contribution in [2.75, 3.05) is 52.1 Å². The lowest BCUT2D eigenvalue weighted by Gasteiger charge is -2.27. The van der Waals surface area contributed by atoms with E-state index in [-0.39, 0.29) is 18.3 Å². The molecule has 1 amide bonds. The summed E-state index contributed by atoms with van der Waals surface area (Å²) in [6.07, 6.45) is 1.59. The molecule has 1 aliphatic heterocycles. The van der Waals surface area contributed by atoms with Gasteiger partial charge in [0.25, 0.3) is 0 Å². The van der Waals surface area contributed by atoms with Crippen molar-refractivity contribution in [2.24, 2.45) is 0 Å². The summed E-state index contributed by atoms with van der Waals surface area (Å²) in [6.45, 7) is 6.24.